The molecule has 0 bridgehead atoms. The zero-order chi connectivity index (χ0) is 13.4. The van der Waals surface area contributed by atoms with Crippen LogP contribution in [0, 0.1) is 5.82 Å². The summed E-state index contributed by atoms with van der Waals surface area (Å²) >= 11 is 0. The molecule has 0 atom stereocenters. The molecule has 0 aromatic heterocycles. The number of halogens is 1. The number of rotatable bonds is 5. The fourth-order valence-corrected chi connectivity index (χ4v) is 1.43. The first-order valence-corrected chi connectivity index (χ1v) is 6.07. The van der Waals surface area contributed by atoms with Crippen LogP contribution in [0.2, 0.25) is 0 Å². The zero-order valence-corrected chi connectivity index (χ0v) is 10.8. The van der Waals surface area contributed by atoms with Gasteiger partial charge in [-0.1, -0.05) is 25.5 Å². The van der Waals surface area contributed by atoms with Crippen molar-refractivity contribution in [2.75, 3.05) is 13.6 Å². The van der Waals surface area contributed by atoms with Crippen LogP contribution in [-0.2, 0) is 0 Å². The maximum Gasteiger partial charge on any atom is 0.321 e. The SMILES string of the molecule is CCCCN(C)C(=O)N/C=C/c1cccc(F)c1. The summed E-state index contributed by atoms with van der Waals surface area (Å²) in [6.07, 6.45) is 5.22. The Bertz CT molecular complexity index is 418. The van der Waals surface area contributed by atoms with Gasteiger partial charge < -0.3 is 10.2 Å². The summed E-state index contributed by atoms with van der Waals surface area (Å²) in [5.41, 5.74) is 0.714. The summed E-state index contributed by atoms with van der Waals surface area (Å²) in [4.78, 5) is 13.2. The molecule has 1 aromatic carbocycles. The van der Waals surface area contributed by atoms with Crippen molar-refractivity contribution in [1.29, 1.82) is 0 Å². The number of carbonyl (C=O) groups excluding carboxylic acids is 1. The van der Waals surface area contributed by atoms with E-state index in [-0.39, 0.29) is 11.8 Å². The highest BCUT2D eigenvalue weighted by Crippen LogP contribution is 2.04. The van der Waals surface area contributed by atoms with E-state index in [4.69, 9.17) is 0 Å². The minimum Gasteiger partial charge on any atom is -0.328 e. The lowest BCUT2D eigenvalue weighted by molar-refractivity contribution is 0.212. The van der Waals surface area contributed by atoms with Gasteiger partial charge in [0.15, 0.2) is 0 Å². The lowest BCUT2D eigenvalue weighted by atomic mass is 10.2. The maximum atomic E-state index is 12.9. The van der Waals surface area contributed by atoms with E-state index in [2.05, 4.69) is 12.2 Å². The van der Waals surface area contributed by atoms with Gasteiger partial charge in [-0.05, 0) is 30.2 Å². The lowest BCUT2D eigenvalue weighted by Crippen LogP contribution is -2.34. The standard InChI is InChI=1S/C14H19FN2O/c1-3-4-10-17(2)14(18)16-9-8-12-6-5-7-13(15)11-12/h5-9,11H,3-4,10H2,1-2H3,(H,16,18)/b9-8+. The number of benzene rings is 1. The Kier molecular flexibility index (Phi) is 5.91. The van der Waals surface area contributed by atoms with Crippen molar-refractivity contribution in [1.82, 2.24) is 10.2 Å². The first-order valence-electron chi connectivity index (χ1n) is 6.07. The minimum atomic E-state index is -0.288. The molecule has 0 radical (unpaired) electrons. The number of amides is 2. The molecule has 0 aliphatic rings. The molecule has 0 saturated heterocycles. The monoisotopic (exact) mass is 250 g/mol. The van der Waals surface area contributed by atoms with Gasteiger partial charge in [-0.3, -0.25) is 0 Å². The van der Waals surface area contributed by atoms with Crippen LogP contribution in [0.1, 0.15) is 25.3 Å². The van der Waals surface area contributed by atoms with Gasteiger partial charge in [-0.15, -0.1) is 0 Å². The summed E-state index contributed by atoms with van der Waals surface area (Å²) in [7, 11) is 1.75. The first-order chi connectivity index (χ1) is 8.63. The number of carbonyl (C=O) groups is 1. The summed E-state index contributed by atoms with van der Waals surface area (Å²) in [6.45, 7) is 2.81. The molecule has 0 spiro atoms. The molecule has 98 valence electrons. The highest BCUT2D eigenvalue weighted by Gasteiger charge is 2.04. The van der Waals surface area contributed by atoms with Crippen molar-refractivity contribution in [3.8, 4) is 0 Å². The molecule has 18 heavy (non-hydrogen) atoms. The fraction of sp³-hybridized carbons (Fsp3) is 0.357. The maximum absolute atomic E-state index is 12.9. The molecule has 3 nitrogen and oxygen atoms in total. The van der Waals surface area contributed by atoms with Gasteiger partial charge in [0.25, 0.3) is 0 Å². The van der Waals surface area contributed by atoms with Crippen LogP contribution in [0.4, 0.5) is 9.18 Å². The summed E-state index contributed by atoms with van der Waals surface area (Å²) < 4.78 is 12.9. The molecule has 0 aliphatic heterocycles. The van der Waals surface area contributed by atoms with Crippen molar-refractivity contribution in [3.63, 3.8) is 0 Å². The molecule has 2 amide bonds. The van der Waals surface area contributed by atoms with Crippen molar-refractivity contribution in [2.45, 2.75) is 19.8 Å². The van der Waals surface area contributed by atoms with E-state index in [0.717, 1.165) is 19.4 Å². The van der Waals surface area contributed by atoms with Crippen molar-refractivity contribution in [2.24, 2.45) is 0 Å². The molecule has 0 fully saturated rings. The second-order valence-corrected chi connectivity index (χ2v) is 4.11. The van der Waals surface area contributed by atoms with E-state index < -0.39 is 0 Å². The minimum absolute atomic E-state index is 0.156. The number of nitrogens with one attached hydrogen (secondary N) is 1. The largest absolute Gasteiger partial charge is 0.328 e. The summed E-state index contributed by atoms with van der Waals surface area (Å²) in [5.74, 6) is -0.288. The van der Waals surface area contributed by atoms with Gasteiger partial charge in [-0.2, -0.15) is 0 Å². The summed E-state index contributed by atoms with van der Waals surface area (Å²) in [5, 5.41) is 2.64. The normalized spacial score (nSPS) is 10.6. The van der Waals surface area contributed by atoms with Crippen molar-refractivity contribution < 1.29 is 9.18 Å². The Morgan fingerprint density at radius 1 is 1.50 bits per heavy atom. The molecule has 0 unspecified atom stereocenters. The van der Waals surface area contributed by atoms with Crippen LogP contribution >= 0.6 is 0 Å². The van der Waals surface area contributed by atoms with Gasteiger partial charge >= 0.3 is 6.03 Å². The van der Waals surface area contributed by atoms with Crippen LogP contribution in [0.25, 0.3) is 6.08 Å². The van der Waals surface area contributed by atoms with Gasteiger partial charge in [0, 0.05) is 19.8 Å². The molecule has 1 N–H and O–H groups in total. The van der Waals surface area contributed by atoms with Crippen LogP contribution in [0.15, 0.2) is 30.5 Å². The predicted molar refractivity (Wildman–Crippen MR) is 71.5 cm³/mol. The van der Waals surface area contributed by atoms with Crippen LogP contribution in [0.3, 0.4) is 0 Å². The van der Waals surface area contributed by atoms with Crippen molar-refractivity contribution >= 4 is 12.1 Å². The topological polar surface area (TPSA) is 32.3 Å². The average molecular weight is 250 g/mol. The molecular formula is C14H19FN2O. The Morgan fingerprint density at radius 3 is 2.94 bits per heavy atom. The number of hydrogen-bond donors (Lipinski definition) is 1. The quantitative estimate of drug-likeness (QED) is 0.855. The Balaban J connectivity index is 2.42. The lowest BCUT2D eigenvalue weighted by Gasteiger charge is -2.15. The molecule has 1 rings (SSSR count). The third-order valence-electron chi connectivity index (χ3n) is 2.53. The smallest absolute Gasteiger partial charge is 0.321 e. The molecule has 1 aromatic rings. The molecule has 4 heteroatoms. The second-order valence-electron chi connectivity index (χ2n) is 4.11. The summed E-state index contributed by atoms with van der Waals surface area (Å²) in [6, 6.07) is 6.03. The molecular weight excluding hydrogens is 231 g/mol. The molecule has 0 heterocycles. The predicted octanol–water partition coefficient (Wildman–Crippen LogP) is 3.24. The first kappa shape index (κ1) is 14.2. The van der Waals surface area contributed by atoms with Crippen LogP contribution in [-0.4, -0.2) is 24.5 Å². The molecule has 0 saturated carbocycles. The number of hydrogen-bond acceptors (Lipinski definition) is 1. The number of nitrogens with zero attached hydrogens (tertiary/aromatic N) is 1. The second kappa shape index (κ2) is 7.48. The van der Waals surface area contributed by atoms with E-state index >= 15 is 0 Å². The van der Waals surface area contributed by atoms with Crippen LogP contribution < -0.4 is 5.32 Å². The van der Waals surface area contributed by atoms with E-state index in [0.29, 0.717) is 5.56 Å². The van der Waals surface area contributed by atoms with E-state index in [1.807, 2.05) is 0 Å². The van der Waals surface area contributed by atoms with Gasteiger partial charge in [-0.25, -0.2) is 9.18 Å². The number of unbranched alkanes of at least 4 members (excludes halogenated alkanes) is 1. The van der Waals surface area contributed by atoms with Crippen LogP contribution in [0.5, 0.6) is 0 Å². The highest BCUT2D eigenvalue weighted by molar-refractivity contribution is 5.75. The zero-order valence-electron chi connectivity index (χ0n) is 10.8. The van der Waals surface area contributed by atoms with Gasteiger partial charge in [0.2, 0.25) is 0 Å². The van der Waals surface area contributed by atoms with Gasteiger partial charge in [0.05, 0.1) is 0 Å². The third-order valence-corrected chi connectivity index (χ3v) is 2.53. The van der Waals surface area contributed by atoms with Crippen molar-refractivity contribution in [3.05, 3.63) is 41.8 Å². The highest BCUT2D eigenvalue weighted by atomic mass is 19.1. The van der Waals surface area contributed by atoms with E-state index in [9.17, 15) is 9.18 Å². The van der Waals surface area contributed by atoms with E-state index in [1.165, 1.54) is 18.3 Å². The number of urea groups is 1. The third kappa shape index (κ3) is 4.99. The van der Waals surface area contributed by atoms with E-state index in [1.54, 1.807) is 30.2 Å². The fourth-order valence-electron chi connectivity index (χ4n) is 1.43. The Labute approximate surface area is 107 Å². The van der Waals surface area contributed by atoms with Gasteiger partial charge in [0.1, 0.15) is 5.82 Å². The average Bonchev–Trinajstić information content (AvgIpc) is 2.35. The molecule has 0 aliphatic carbocycles. The Hall–Kier alpha value is -1.84. The Morgan fingerprint density at radius 2 is 2.28 bits per heavy atom.